The molecule has 0 aliphatic heterocycles. The van der Waals surface area contributed by atoms with Crippen molar-refractivity contribution in [3.05, 3.63) is 29.8 Å². The maximum absolute atomic E-state index is 9.69. The van der Waals surface area contributed by atoms with Crippen molar-refractivity contribution in [3.63, 3.8) is 0 Å². The van der Waals surface area contributed by atoms with E-state index in [2.05, 4.69) is 39.8 Å². The average molecular weight is 278 g/mol. The van der Waals surface area contributed by atoms with Crippen molar-refractivity contribution in [3.8, 4) is 5.75 Å². The number of rotatable bonds is 8. The molecule has 0 heterocycles. The zero-order chi connectivity index (χ0) is 15.2. The Balaban J connectivity index is 2.98. The predicted octanol–water partition coefficient (Wildman–Crippen LogP) is 4.77. The summed E-state index contributed by atoms with van der Waals surface area (Å²) >= 11 is 0. The maximum atomic E-state index is 9.69. The number of hydrogen-bond acceptors (Lipinski definition) is 2. The summed E-state index contributed by atoms with van der Waals surface area (Å²) in [6.45, 7) is 11.5. The number of ether oxygens (including phenoxy) is 1. The third-order valence-electron chi connectivity index (χ3n) is 4.46. The first kappa shape index (κ1) is 17.0. The van der Waals surface area contributed by atoms with Gasteiger partial charge in [-0.3, -0.25) is 0 Å². The van der Waals surface area contributed by atoms with Crippen LogP contribution >= 0.6 is 0 Å². The molecule has 20 heavy (non-hydrogen) atoms. The smallest absolute Gasteiger partial charge is 0.122 e. The summed E-state index contributed by atoms with van der Waals surface area (Å²) in [5.74, 6) is 1.40. The topological polar surface area (TPSA) is 29.5 Å². The summed E-state index contributed by atoms with van der Waals surface area (Å²) in [4.78, 5) is 0. The van der Waals surface area contributed by atoms with Gasteiger partial charge in [-0.25, -0.2) is 0 Å². The Morgan fingerprint density at radius 2 is 1.75 bits per heavy atom. The van der Waals surface area contributed by atoms with Gasteiger partial charge in [-0.05, 0) is 35.8 Å². The maximum Gasteiger partial charge on any atom is 0.122 e. The zero-order valence-electron chi connectivity index (χ0n) is 13.6. The molecule has 2 nitrogen and oxygen atoms in total. The first-order valence-electron chi connectivity index (χ1n) is 7.86. The van der Waals surface area contributed by atoms with E-state index in [0.29, 0.717) is 12.5 Å². The van der Waals surface area contributed by atoms with E-state index in [1.54, 1.807) is 0 Å². The Kier molecular flexibility index (Phi) is 6.54. The highest BCUT2D eigenvalue weighted by atomic mass is 16.5. The second kappa shape index (κ2) is 7.68. The molecule has 2 unspecified atom stereocenters. The van der Waals surface area contributed by atoms with Crippen molar-refractivity contribution in [2.75, 3.05) is 6.61 Å². The normalized spacial score (nSPS) is 14.9. The van der Waals surface area contributed by atoms with E-state index in [0.717, 1.165) is 25.0 Å². The number of aliphatic hydroxyl groups is 1. The summed E-state index contributed by atoms with van der Waals surface area (Å²) in [5, 5.41) is 9.69. The van der Waals surface area contributed by atoms with Crippen molar-refractivity contribution in [2.24, 2.45) is 5.41 Å². The fourth-order valence-corrected chi connectivity index (χ4v) is 2.64. The summed E-state index contributed by atoms with van der Waals surface area (Å²) < 4.78 is 5.86. The molecule has 1 rings (SSSR count). The lowest BCUT2D eigenvalue weighted by Crippen LogP contribution is -2.22. The minimum Gasteiger partial charge on any atom is -0.491 e. The molecule has 2 atom stereocenters. The van der Waals surface area contributed by atoms with Crippen molar-refractivity contribution < 1.29 is 9.84 Å². The molecule has 0 aromatic heterocycles. The van der Waals surface area contributed by atoms with E-state index < -0.39 is 0 Å². The van der Waals surface area contributed by atoms with E-state index in [-0.39, 0.29) is 11.5 Å². The van der Waals surface area contributed by atoms with Crippen molar-refractivity contribution in [1.82, 2.24) is 0 Å². The van der Waals surface area contributed by atoms with Crippen molar-refractivity contribution in [1.29, 1.82) is 0 Å². The third kappa shape index (κ3) is 4.24. The lowest BCUT2D eigenvalue weighted by molar-refractivity contribution is 0.103. The van der Waals surface area contributed by atoms with Crippen LogP contribution in [0, 0.1) is 5.41 Å². The highest BCUT2D eigenvalue weighted by Crippen LogP contribution is 2.43. The number of para-hydroxylation sites is 1. The molecular weight excluding hydrogens is 248 g/mol. The number of hydrogen-bond donors (Lipinski definition) is 1. The highest BCUT2D eigenvalue weighted by molar-refractivity contribution is 5.37. The Morgan fingerprint density at radius 3 is 2.30 bits per heavy atom. The molecule has 0 aliphatic carbocycles. The van der Waals surface area contributed by atoms with Crippen LogP contribution in [0.1, 0.15) is 65.4 Å². The monoisotopic (exact) mass is 278 g/mol. The lowest BCUT2D eigenvalue weighted by Gasteiger charge is -2.34. The van der Waals surface area contributed by atoms with Crippen LogP contribution in [-0.2, 0) is 0 Å². The minimum absolute atomic E-state index is 0.248. The van der Waals surface area contributed by atoms with Gasteiger partial charge in [0.2, 0.25) is 0 Å². The first-order valence-corrected chi connectivity index (χ1v) is 7.86. The summed E-state index contributed by atoms with van der Waals surface area (Å²) in [6.07, 6.45) is 2.57. The summed E-state index contributed by atoms with van der Waals surface area (Å²) in [7, 11) is 0. The number of benzene rings is 1. The molecule has 0 spiro atoms. The van der Waals surface area contributed by atoms with Gasteiger partial charge in [0.1, 0.15) is 12.4 Å². The van der Waals surface area contributed by atoms with E-state index in [9.17, 15) is 5.11 Å². The molecule has 1 aromatic carbocycles. The molecule has 1 N–H and O–H groups in total. The SMILES string of the molecule is CCC(O)COc1ccccc1C(CC)C(C)(C)CC. The van der Waals surface area contributed by atoms with Gasteiger partial charge in [0.15, 0.2) is 0 Å². The van der Waals surface area contributed by atoms with Crippen LogP contribution in [0.5, 0.6) is 5.75 Å². The summed E-state index contributed by atoms with van der Waals surface area (Å²) in [5.41, 5.74) is 1.52. The molecule has 0 amide bonds. The van der Waals surface area contributed by atoms with Crippen molar-refractivity contribution >= 4 is 0 Å². The van der Waals surface area contributed by atoms with Crippen LogP contribution in [0.15, 0.2) is 24.3 Å². The number of aliphatic hydroxyl groups excluding tert-OH is 1. The molecule has 114 valence electrons. The summed E-state index contributed by atoms with van der Waals surface area (Å²) in [6, 6.07) is 8.26. The van der Waals surface area contributed by atoms with E-state index in [1.165, 1.54) is 5.56 Å². The largest absolute Gasteiger partial charge is 0.491 e. The van der Waals surface area contributed by atoms with Gasteiger partial charge < -0.3 is 9.84 Å². The van der Waals surface area contributed by atoms with Gasteiger partial charge in [0.05, 0.1) is 6.10 Å². The van der Waals surface area contributed by atoms with Gasteiger partial charge in [-0.2, -0.15) is 0 Å². The Morgan fingerprint density at radius 1 is 1.10 bits per heavy atom. The highest BCUT2D eigenvalue weighted by Gasteiger charge is 2.29. The standard InChI is InChI=1S/C18H30O2/c1-6-14(19)13-20-17-12-10-9-11-15(17)16(7-2)18(4,5)8-3/h9-12,14,16,19H,6-8,13H2,1-5H3. The van der Waals surface area contributed by atoms with Crippen LogP contribution in [0.25, 0.3) is 0 Å². The average Bonchev–Trinajstić information content (AvgIpc) is 2.46. The molecule has 2 heteroatoms. The Hall–Kier alpha value is -1.02. The fourth-order valence-electron chi connectivity index (χ4n) is 2.64. The Bertz CT molecular complexity index is 398. The van der Waals surface area contributed by atoms with Crippen LogP contribution < -0.4 is 4.74 Å². The molecule has 0 fully saturated rings. The molecule has 0 saturated heterocycles. The third-order valence-corrected chi connectivity index (χ3v) is 4.46. The predicted molar refractivity (Wildman–Crippen MR) is 85.3 cm³/mol. The van der Waals surface area contributed by atoms with Crippen LogP contribution in [0.2, 0.25) is 0 Å². The van der Waals surface area contributed by atoms with Crippen molar-refractivity contribution in [2.45, 2.75) is 65.9 Å². The molecule has 0 saturated carbocycles. The van der Waals surface area contributed by atoms with Crippen LogP contribution in [0.4, 0.5) is 0 Å². The zero-order valence-corrected chi connectivity index (χ0v) is 13.6. The molecule has 0 bridgehead atoms. The second-order valence-electron chi connectivity index (χ2n) is 6.21. The quantitative estimate of drug-likeness (QED) is 0.742. The van der Waals surface area contributed by atoms with E-state index in [1.807, 2.05) is 19.1 Å². The molecule has 0 aliphatic rings. The van der Waals surface area contributed by atoms with Crippen LogP contribution in [-0.4, -0.2) is 17.8 Å². The van der Waals surface area contributed by atoms with E-state index in [4.69, 9.17) is 4.74 Å². The van der Waals surface area contributed by atoms with E-state index >= 15 is 0 Å². The van der Waals surface area contributed by atoms with Gasteiger partial charge in [0, 0.05) is 0 Å². The Labute approximate surface area is 124 Å². The molecule has 1 aromatic rings. The van der Waals surface area contributed by atoms with Gasteiger partial charge in [-0.15, -0.1) is 0 Å². The van der Waals surface area contributed by atoms with Crippen LogP contribution in [0.3, 0.4) is 0 Å². The molecular formula is C18H30O2. The molecule has 0 radical (unpaired) electrons. The van der Waals surface area contributed by atoms with Gasteiger partial charge in [-0.1, -0.05) is 59.2 Å². The first-order chi connectivity index (χ1) is 9.46. The van der Waals surface area contributed by atoms with Gasteiger partial charge >= 0.3 is 0 Å². The van der Waals surface area contributed by atoms with Gasteiger partial charge in [0.25, 0.3) is 0 Å². The second-order valence-corrected chi connectivity index (χ2v) is 6.21. The minimum atomic E-state index is -0.387. The lowest BCUT2D eigenvalue weighted by atomic mass is 9.71. The fraction of sp³-hybridized carbons (Fsp3) is 0.667.